The SMILES string of the molecule is COc1ccc(Cn2nnc(-c3cccc(C(F)(F)F)c3)n2)cc1. The maximum Gasteiger partial charge on any atom is 0.416 e. The lowest BCUT2D eigenvalue weighted by molar-refractivity contribution is -0.137. The first-order valence-electron chi connectivity index (χ1n) is 7.04. The summed E-state index contributed by atoms with van der Waals surface area (Å²) in [5.74, 6) is 0.879. The van der Waals surface area contributed by atoms with E-state index >= 15 is 0 Å². The predicted octanol–water partition coefficient (Wildman–Crippen LogP) is 3.42. The van der Waals surface area contributed by atoms with Crippen molar-refractivity contribution in [2.45, 2.75) is 12.7 Å². The molecule has 0 atom stereocenters. The molecule has 1 heterocycles. The van der Waals surface area contributed by atoms with Gasteiger partial charge in [-0.3, -0.25) is 0 Å². The number of halogens is 3. The summed E-state index contributed by atoms with van der Waals surface area (Å²) in [4.78, 5) is 1.33. The van der Waals surface area contributed by atoms with Crippen molar-refractivity contribution in [3.63, 3.8) is 0 Å². The third-order valence-corrected chi connectivity index (χ3v) is 3.38. The predicted molar refractivity (Wildman–Crippen MR) is 80.4 cm³/mol. The molecule has 24 heavy (non-hydrogen) atoms. The molecule has 0 fully saturated rings. The van der Waals surface area contributed by atoms with E-state index in [0.717, 1.165) is 23.4 Å². The molecule has 0 radical (unpaired) electrons. The van der Waals surface area contributed by atoms with Gasteiger partial charge in [-0.1, -0.05) is 24.3 Å². The number of hydrogen-bond acceptors (Lipinski definition) is 4. The molecule has 0 saturated carbocycles. The van der Waals surface area contributed by atoms with E-state index in [1.54, 1.807) is 19.2 Å². The Morgan fingerprint density at radius 3 is 2.50 bits per heavy atom. The fourth-order valence-electron chi connectivity index (χ4n) is 2.15. The summed E-state index contributed by atoms with van der Waals surface area (Å²) in [5, 5.41) is 11.9. The van der Waals surface area contributed by atoms with E-state index in [0.29, 0.717) is 6.54 Å². The van der Waals surface area contributed by atoms with Gasteiger partial charge in [0.1, 0.15) is 5.75 Å². The third kappa shape index (κ3) is 3.53. The number of benzene rings is 2. The number of rotatable bonds is 4. The van der Waals surface area contributed by atoms with Crippen molar-refractivity contribution in [2.24, 2.45) is 0 Å². The van der Waals surface area contributed by atoms with Crippen LogP contribution in [-0.4, -0.2) is 27.3 Å². The van der Waals surface area contributed by atoms with Gasteiger partial charge in [0.25, 0.3) is 0 Å². The molecule has 3 aromatic rings. The van der Waals surface area contributed by atoms with Gasteiger partial charge in [0.05, 0.1) is 19.2 Å². The van der Waals surface area contributed by atoms with E-state index in [9.17, 15) is 13.2 Å². The second kappa shape index (κ2) is 6.31. The molecule has 2 aromatic carbocycles. The first kappa shape index (κ1) is 16.0. The summed E-state index contributed by atoms with van der Waals surface area (Å²) in [6, 6.07) is 12.2. The van der Waals surface area contributed by atoms with Crippen LogP contribution in [0.5, 0.6) is 5.75 Å². The molecule has 3 rings (SSSR count). The first-order chi connectivity index (χ1) is 11.5. The Hall–Kier alpha value is -2.90. The standard InChI is InChI=1S/C16H13F3N4O/c1-24-14-7-5-11(6-8-14)10-23-21-15(20-22-23)12-3-2-4-13(9-12)16(17,18)19/h2-9H,10H2,1H3. The van der Waals surface area contributed by atoms with E-state index in [-0.39, 0.29) is 11.4 Å². The van der Waals surface area contributed by atoms with Crippen molar-refractivity contribution in [3.05, 3.63) is 59.7 Å². The zero-order valence-corrected chi connectivity index (χ0v) is 12.7. The van der Waals surface area contributed by atoms with Crippen LogP contribution in [0.1, 0.15) is 11.1 Å². The lowest BCUT2D eigenvalue weighted by Gasteiger charge is -2.06. The number of hydrogen-bond donors (Lipinski definition) is 0. The highest BCUT2D eigenvalue weighted by molar-refractivity contribution is 5.55. The fourth-order valence-corrected chi connectivity index (χ4v) is 2.15. The number of methoxy groups -OCH3 is 1. The van der Waals surface area contributed by atoms with Gasteiger partial charge >= 0.3 is 6.18 Å². The Bertz CT molecular complexity index is 828. The highest BCUT2D eigenvalue weighted by atomic mass is 19.4. The number of alkyl halides is 3. The Labute approximate surface area is 135 Å². The second-order valence-electron chi connectivity index (χ2n) is 5.07. The second-order valence-corrected chi connectivity index (χ2v) is 5.07. The number of ether oxygens (including phenoxy) is 1. The van der Waals surface area contributed by atoms with Crippen LogP contribution in [0.15, 0.2) is 48.5 Å². The van der Waals surface area contributed by atoms with Crippen molar-refractivity contribution in [3.8, 4) is 17.1 Å². The molecule has 8 heteroatoms. The lowest BCUT2D eigenvalue weighted by Crippen LogP contribution is -2.05. The largest absolute Gasteiger partial charge is 0.497 e. The average Bonchev–Trinajstić information content (AvgIpc) is 3.03. The maximum absolute atomic E-state index is 12.8. The van der Waals surface area contributed by atoms with Gasteiger partial charge in [0, 0.05) is 5.56 Å². The molecule has 5 nitrogen and oxygen atoms in total. The maximum atomic E-state index is 12.8. The molecule has 1 aromatic heterocycles. The van der Waals surface area contributed by atoms with Gasteiger partial charge in [0.2, 0.25) is 5.82 Å². The summed E-state index contributed by atoms with van der Waals surface area (Å²) in [6.07, 6.45) is -4.41. The normalized spacial score (nSPS) is 11.5. The van der Waals surface area contributed by atoms with Gasteiger partial charge in [-0.25, -0.2) is 0 Å². The molecular formula is C16H13F3N4O. The Morgan fingerprint density at radius 1 is 1.08 bits per heavy atom. The van der Waals surface area contributed by atoms with Gasteiger partial charge in [0.15, 0.2) is 0 Å². The van der Waals surface area contributed by atoms with Gasteiger partial charge < -0.3 is 4.74 Å². The van der Waals surface area contributed by atoms with Crippen LogP contribution >= 0.6 is 0 Å². The Kier molecular flexibility index (Phi) is 4.20. The number of tetrazole rings is 1. The molecule has 124 valence electrons. The van der Waals surface area contributed by atoms with Crippen LogP contribution in [0.2, 0.25) is 0 Å². The molecule has 0 saturated heterocycles. The van der Waals surface area contributed by atoms with Crippen LogP contribution in [-0.2, 0) is 12.7 Å². The van der Waals surface area contributed by atoms with Crippen LogP contribution in [0, 0.1) is 0 Å². The van der Waals surface area contributed by atoms with E-state index in [1.165, 1.54) is 16.9 Å². The minimum absolute atomic E-state index is 0.148. The topological polar surface area (TPSA) is 52.8 Å². The van der Waals surface area contributed by atoms with Crippen molar-refractivity contribution in [1.82, 2.24) is 20.2 Å². The van der Waals surface area contributed by atoms with E-state index < -0.39 is 11.7 Å². The molecule has 0 aliphatic heterocycles. The van der Waals surface area contributed by atoms with Crippen molar-refractivity contribution >= 4 is 0 Å². The third-order valence-electron chi connectivity index (χ3n) is 3.38. The summed E-state index contributed by atoms with van der Waals surface area (Å²) in [7, 11) is 1.58. The smallest absolute Gasteiger partial charge is 0.416 e. The van der Waals surface area contributed by atoms with Crippen LogP contribution < -0.4 is 4.74 Å². The number of nitrogens with zero attached hydrogens (tertiary/aromatic N) is 4. The van der Waals surface area contributed by atoms with Gasteiger partial charge in [-0.05, 0) is 35.0 Å². The fraction of sp³-hybridized carbons (Fsp3) is 0.188. The minimum Gasteiger partial charge on any atom is -0.497 e. The molecule has 0 bridgehead atoms. The summed E-state index contributed by atoms with van der Waals surface area (Å²) < 4.78 is 43.4. The first-order valence-corrected chi connectivity index (χ1v) is 7.04. The molecule has 0 N–H and O–H groups in total. The summed E-state index contributed by atoms with van der Waals surface area (Å²) >= 11 is 0. The molecule has 0 aliphatic carbocycles. The van der Waals surface area contributed by atoms with Gasteiger partial charge in [-0.2, -0.15) is 18.0 Å². The van der Waals surface area contributed by atoms with Crippen LogP contribution in [0.4, 0.5) is 13.2 Å². The molecule has 0 unspecified atom stereocenters. The van der Waals surface area contributed by atoms with Crippen LogP contribution in [0.25, 0.3) is 11.4 Å². The molecule has 0 amide bonds. The minimum atomic E-state index is -4.41. The van der Waals surface area contributed by atoms with E-state index in [4.69, 9.17) is 4.74 Å². The van der Waals surface area contributed by atoms with Gasteiger partial charge in [-0.15, -0.1) is 10.2 Å². The molecule has 0 aliphatic rings. The zero-order chi connectivity index (χ0) is 17.2. The molecule has 0 spiro atoms. The van der Waals surface area contributed by atoms with Crippen molar-refractivity contribution < 1.29 is 17.9 Å². The van der Waals surface area contributed by atoms with Crippen molar-refractivity contribution in [2.75, 3.05) is 7.11 Å². The van der Waals surface area contributed by atoms with Crippen LogP contribution in [0.3, 0.4) is 0 Å². The number of aromatic nitrogens is 4. The summed E-state index contributed by atoms with van der Waals surface area (Å²) in [6.45, 7) is 0.357. The average molecular weight is 334 g/mol. The highest BCUT2D eigenvalue weighted by Crippen LogP contribution is 2.31. The van der Waals surface area contributed by atoms with Crippen molar-refractivity contribution in [1.29, 1.82) is 0 Å². The Balaban J connectivity index is 1.80. The monoisotopic (exact) mass is 334 g/mol. The quantitative estimate of drug-likeness (QED) is 0.734. The Morgan fingerprint density at radius 2 is 1.83 bits per heavy atom. The lowest BCUT2D eigenvalue weighted by atomic mass is 10.1. The zero-order valence-electron chi connectivity index (χ0n) is 12.7. The summed E-state index contributed by atoms with van der Waals surface area (Å²) in [5.41, 5.74) is 0.445. The molecular weight excluding hydrogens is 321 g/mol. The highest BCUT2D eigenvalue weighted by Gasteiger charge is 2.30. The van der Waals surface area contributed by atoms with E-state index in [2.05, 4.69) is 15.4 Å². The van der Waals surface area contributed by atoms with E-state index in [1.807, 2.05) is 12.1 Å².